The van der Waals surface area contributed by atoms with Crippen molar-refractivity contribution < 1.29 is 22.4 Å². The molecule has 1 aromatic carbocycles. The van der Waals surface area contributed by atoms with Crippen LogP contribution < -0.4 is 0 Å². The van der Waals surface area contributed by atoms with E-state index in [1.807, 2.05) is 0 Å². The van der Waals surface area contributed by atoms with E-state index in [2.05, 4.69) is 0 Å². The number of furan rings is 1. The Balaban J connectivity index is 2.12. The molecule has 0 spiro atoms. The molecule has 100 valence electrons. The monoisotopic (exact) mass is 268 g/mol. The summed E-state index contributed by atoms with van der Waals surface area (Å²) in [6, 6.07) is 6.14. The van der Waals surface area contributed by atoms with Crippen LogP contribution in [0.15, 0.2) is 41.0 Å². The fourth-order valence-electron chi connectivity index (χ4n) is 1.77. The highest BCUT2D eigenvalue weighted by Gasteiger charge is 2.30. The highest BCUT2D eigenvalue weighted by molar-refractivity contribution is 5.98. The van der Waals surface area contributed by atoms with Crippen molar-refractivity contribution in [3.63, 3.8) is 0 Å². The topological polar surface area (TPSA) is 30.2 Å². The van der Waals surface area contributed by atoms with E-state index >= 15 is 0 Å². The minimum Gasteiger partial charge on any atom is -0.469 e. The summed E-state index contributed by atoms with van der Waals surface area (Å²) in [6.45, 7) is 1.67. The van der Waals surface area contributed by atoms with Crippen LogP contribution in [0, 0.1) is 6.92 Å². The van der Waals surface area contributed by atoms with Crippen molar-refractivity contribution in [3.05, 3.63) is 59.0 Å². The largest absolute Gasteiger partial charge is 0.469 e. The first-order valence-corrected chi connectivity index (χ1v) is 5.61. The third-order valence-corrected chi connectivity index (χ3v) is 2.81. The van der Waals surface area contributed by atoms with E-state index in [0.717, 1.165) is 12.1 Å². The van der Waals surface area contributed by atoms with Gasteiger partial charge in [-0.2, -0.15) is 13.2 Å². The highest BCUT2D eigenvalue weighted by Crippen LogP contribution is 2.29. The van der Waals surface area contributed by atoms with Crippen LogP contribution in [0.2, 0.25) is 0 Å². The molecule has 0 fully saturated rings. The molecule has 19 heavy (non-hydrogen) atoms. The van der Waals surface area contributed by atoms with Crippen molar-refractivity contribution in [2.75, 3.05) is 0 Å². The van der Waals surface area contributed by atoms with Gasteiger partial charge in [-0.25, -0.2) is 0 Å². The summed E-state index contributed by atoms with van der Waals surface area (Å²) in [6.07, 6.45) is -2.89. The first-order chi connectivity index (χ1) is 8.88. The van der Waals surface area contributed by atoms with Gasteiger partial charge in [0.25, 0.3) is 0 Å². The minimum absolute atomic E-state index is 0.0541. The van der Waals surface area contributed by atoms with Gasteiger partial charge in [-0.1, -0.05) is 12.1 Å². The number of aryl methyl sites for hydroxylation is 1. The Morgan fingerprint density at radius 2 is 1.79 bits per heavy atom. The Morgan fingerprint density at radius 3 is 2.26 bits per heavy atom. The second-order valence-electron chi connectivity index (χ2n) is 4.19. The maximum Gasteiger partial charge on any atom is 0.416 e. The van der Waals surface area contributed by atoms with E-state index in [9.17, 15) is 18.0 Å². The predicted octanol–water partition coefficient (Wildman–Crippen LogP) is 4.03. The number of benzene rings is 1. The summed E-state index contributed by atoms with van der Waals surface area (Å²) < 4.78 is 42.2. The zero-order valence-electron chi connectivity index (χ0n) is 10.1. The van der Waals surface area contributed by atoms with Gasteiger partial charge in [-0.15, -0.1) is 0 Å². The lowest BCUT2D eigenvalue weighted by Crippen LogP contribution is -2.06. The third kappa shape index (κ3) is 3.05. The maximum atomic E-state index is 12.4. The molecule has 0 atom stereocenters. The van der Waals surface area contributed by atoms with Gasteiger partial charge in [-0.05, 0) is 30.7 Å². The Kier molecular flexibility index (Phi) is 3.46. The summed E-state index contributed by atoms with van der Waals surface area (Å²) in [5, 5.41) is 0. The van der Waals surface area contributed by atoms with Gasteiger partial charge < -0.3 is 4.42 Å². The Morgan fingerprint density at radius 1 is 1.16 bits per heavy atom. The molecule has 2 rings (SSSR count). The second kappa shape index (κ2) is 4.91. The summed E-state index contributed by atoms with van der Waals surface area (Å²) >= 11 is 0. The fourth-order valence-corrected chi connectivity index (χ4v) is 1.77. The normalized spacial score (nSPS) is 11.6. The molecular weight excluding hydrogens is 257 g/mol. The molecule has 1 heterocycles. The molecule has 0 aliphatic carbocycles. The van der Waals surface area contributed by atoms with Gasteiger partial charge in [0, 0.05) is 6.42 Å². The lowest BCUT2D eigenvalue weighted by molar-refractivity contribution is -0.137. The quantitative estimate of drug-likeness (QED) is 0.787. The van der Waals surface area contributed by atoms with Crippen LogP contribution in [0.3, 0.4) is 0 Å². The zero-order chi connectivity index (χ0) is 14.0. The van der Waals surface area contributed by atoms with Crippen LogP contribution >= 0.6 is 0 Å². The minimum atomic E-state index is -4.36. The molecular formula is C14H11F3O2. The summed E-state index contributed by atoms with van der Waals surface area (Å²) in [7, 11) is 0. The van der Waals surface area contributed by atoms with Crippen LogP contribution in [0.4, 0.5) is 13.2 Å². The zero-order valence-corrected chi connectivity index (χ0v) is 10.1. The Bertz CT molecular complexity index is 579. The van der Waals surface area contributed by atoms with Gasteiger partial charge in [0.1, 0.15) is 5.76 Å². The van der Waals surface area contributed by atoms with Gasteiger partial charge in [0.15, 0.2) is 5.78 Å². The molecule has 2 aromatic rings. The molecule has 0 aliphatic rings. The lowest BCUT2D eigenvalue weighted by Gasteiger charge is -2.07. The summed E-state index contributed by atoms with van der Waals surface area (Å²) in [4.78, 5) is 11.9. The van der Waals surface area contributed by atoms with Gasteiger partial charge in [0.05, 0.1) is 17.4 Å². The van der Waals surface area contributed by atoms with Crippen LogP contribution in [-0.4, -0.2) is 5.78 Å². The maximum absolute atomic E-state index is 12.4. The van der Waals surface area contributed by atoms with E-state index in [4.69, 9.17) is 4.42 Å². The van der Waals surface area contributed by atoms with Crippen molar-refractivity contribution in [3.8, 4) is 0 Å². The lowest BCUT2D eigenvalue weighted by atomic mass is 10.0. The molecule has 0 bridgehead atoms. The number of Topliss-reactive ketones (excluding diaryl/α,β-unsaturated/α-hetero) is 1. The van der Waals surface area contributed by atoms with E-state index in [-0.39, 0.29) is 12.2 Å². The van der Waals surface area contributed by atoms with Crippen molar-refractivity contribution in [1.82, 2.24) is 0 Å². The standard InChI is InChI=1S/C14H11F3O2/c1-9-12(6-7-19-9)13(18)8-10-2-4-11(5-3-10)14(15,16)17/h2-7H,8H2,1H3. The first kappa shape index (κ1) is 13.4. The average molecular weight is 268 g/mol. The van der Waals surface area contributed by atoms with Crippen molar-refractivity contribution >= 4 is 5.78 Å². The van der Waals surface area contributed by atoms with Crippen molar-refractivity contribution in [2.24, 2.45) is 0 Å². The molecule has 0 saturated heterocycles. The number of halogens is 3. The average Bonchev–Trinajstić information content (AvgIpc) is 2.75. The van der Waals surface area contributed by atoms with Crippen LogP contribution in [0.25, 0.3) is 0 Å². The van der Waals surface area contributed by atoms with E-state index in [0.29, 0.717) is 16.9 Å². The van der Waals surface area contributed by atoms with Crippen LogP contribution in [-0.2, 0) is 12.6 Å². The molecule has 1 aromatic heterocycles. The van der Waals surface area contributed by atoms with Crippen LogP contribution in [0.1, 0.15) is 27.2 Å². The first-order valence-electron chi connectivity index (χ1n) is 5.61. The number of ketones is 1. The smallest absolute Gasteiger partial charge is 0.416 e. The molecule has 0 N–H and O–H groups in total. The van der Waals surface area contributed by atoms with E-state index < -0.39 is 11.7 Å². The number of carbonyl (C=O) groups excluding carboxylic acids is 1. The van der Waals surface area contributed by atoms with Gasteiger partial charge in [-0.3, -0.25) is 4.79 Å². The highest BCUT2D eigenvalue weighted by atomic mass is 19.4. The Hall–Kier alpha value is -2.04. The second-order valence-corrected chi connectivity index (χ2v) is 4.19. The molecule has 5 heteroatoms. The SMILES string of the molecule is Cc1occc1C(=O)Cc1ccc(C(F)(F)F)cc1. The summed E-state index contributed by atoms with van der Waals surface area (Å²) in [5.74, 6) is 0.336. The molecule has 0 unspecified atom stereocenters. The number of rotatable bonds is 3. The van der Waals surface area contributed by atoms with Gasteiger partial charge >= 0.3 is 6.18 Å². The summed E-state index contributed by atoms with van der Waals surface area (Å²) in [5.41, 5.74) is 0.279. The third-order valence-electron chi connectivity index (χ3n) is 2.81. The fraction of sp³-hybridized carbons (Fsp3) is 0.214. The number of carbonyl (C=O) groups is 1. The number of hydrogen-bond acceptors (Lipinski definition) is 2. The molecule has 0 aliphatic heterocycles. The predicted molar refractivity (Wildman–Crippen MR) is 62.9 cm³/mol. The molecule has 2 nitrogen and oxygen atoms in total. The molecule has 0 saturated carbocycles. The van der Waals surface area contributed by atoms with Crippen molar-refractivity contribution in [2.45, 2.75) is 19.5 Å². The number of alkyl halides is 3. The number of hydrogen-bond donors (Lipinski definition) is 0. The molecule has 0 radical (unpaired) electrons. The Labute approximate surface area is 107 Å². The van der Waals surface area contributed by atoms with Gasteiger partial charge in [0.2, 0.25) is 0 Å². The van der Waals surface area contributed by atoms with E-state index in [1.54, 1.807) is 13.0 Å². The van der Waals surface area contributed by atoms with E-state index in [1.165, 1.54) is 18.4 Å². The van der Waals surface area contributed by atoms with Crippen LogP contribution in [0.5, 0.6) is 0 Å². The van der Waals surface area contributed by atoms with Crippen molar-refractivity contribution in [1.29, 1.82) is 0 Å². The molecule has 0 amide bonds.